The fourth-order valence-electron chi connectivity index (χ4n) is 4.33. The van der Waals surface area contributed by atoms with E-state index >= 15 is 0 Å². The monoisotopic (exact) mass is 412 g/mol. The number of halogens is 1. The van der Waals surface area contributed by atoms with Gasteiger partial charge in [-0.15, -0.1) is 0 Å². The highest BCUT2D eigenvalue weighted by atomic mass is 35.5. The van der Waals surface area contributed by atoms with Gasteiger partial charge < -0.3 is 14.2 Å². The zero-order chi connectivity index (χ0) is 20.5. The second-order valence-electron chi connectivity index (χ2n) is 8.68. The summed E-state index contributed by atoms with van der Waals surface area (Å²) in [7, 11) is 0. The van der Waals surface area contributed by atoms with Gasteiger partial charge in [0.25, 0.3) is 5.56 Å². The van der Waals surface area contributed by atoms with E-state index in [1.165, 1.54) is 5.52 Å². The van der Waals surface area contributed by atoms with E-state index in [1.54, 1.807) is 4.57 Å². The molecule has 2 aromatic heterocycles. The third-order valence-corrected chi connectivity index (χ3v) is 6.51. The number of pyridine rings is 1. The molecule has 0 atom stereocenters. The lowest BCUT2D eigenvalue weighted by Gasteiger charge is -2.27. The minimum atomic E-state index is -0.149. The van der Waals surface area contributed by atoms with E-state index in [0.29, 0.717) is 18.5 Å². The largest absolute Gasteiger partial charge is 0.393 e. The van der Waals surface area contributed by atoms with Gasteiger partial charge in [-0.3, -0.25) is 4.79 Å². The molecule has 0 spiro atoms. The summed E-state index contributed by atoms with van der Waals surface area (Å²) < 4.78 is 4.04. The number of fused-ring (bicyclic) bond motifs is 1. The summed E-state index contributed by atoms with van der Waals surface area (Å²) in [6, 6.07) is 10.8. The average Bonchev–Trinajstić information content (AvgIpc) is 3.13. The van der Waals surface area contributed by atoms with Crippen molar-refractivity contribution >= 4 is 22.5 Å². The minimum absolute atomic E-state index is 0.122. The van der Waals surface area contributed by atoms with E-state index in [2.05, 4.69) is 48.9 Å². The quantitative estimate of drug-likeness (QED) is 0.588. The molecule has 1 fully saturated rings. The van der Waals surface area contributed by atoms with Crippen LogP contribution in [0.5, 0.6) is 0 Å². The predicted molar refractivity (Wildman–Crippen MR) is 120 cm³/mol. The van der Waals surface area contributed by atoms with Gasteiger partial charge in [0.05, 0.1) is 6.10 Å². The molecule has 1 aromatic carbocycles. The summed E-state index contributed by atoms with van der Waals surface area (Å²) in [5.74, 6) is 0.541. The van der Waals surface area contributed by atoms with E-state index in [4.69, 9.17) is 11.6 Å². The van der Waals surface area contributed by atoms with Crippen molar-refractivity contribution in [3.63, 3.8) is 0 Å². The Bertz CT molecular complexity index is 1060. The number of benzene rings is 1. The zero-order valence-corrected chi connectivity index (χ0v) is 17.9. The Kier molecular flexibility index (Phi) is 5.84. The van der Waals surface area contributed by atoms with E-state index < -0.39 is 0 Å². The second kappa shape index (κ2) is 8.37. The van der Waals surface area contributed by atoms with Crippen molar-refractivity contribution in [2.75, 3.05) is 0 Å². The summed E-state index contributed by atoms with van der Waals surface area (Å²) in [4.78, 5) is 12.7. The van der Waals surface area contributed by atoms with Crippen molar-refractivity contribution in [2.24, 2.45) is 5.92 Å². The number of aromatic nitrogens is 2. The van der Waals surface area contributed by atoms with Crippen LogP contribution in [0, 0.1) is 5.92 Å². The van der Waals surface area contributed by atoms with Crippen molar-refractivity contribution in [3.8, 4) is 11.1 Å². The maximum atomic E-state index is 12.7. The van der Waals surface area contributed by atoms with Gasteiger partial charge in [-0.1, -0.05) is 31.5 Å². The van der Waals surface area contributed by atoms with Crippen LogP contribution in [0.4, 0.5) is 0 Å². The fourth-order valence-corrected chi connectivity index (χ4v) is 4.61. The molecular weight excluding hydrogens is 384 g/mol. The molecule has 1 N–H and O–H groups in total. The van der Waals surface area contributed by atoms with Gasteiger partial charge in [-0.25, -0.2) is 0 Å². The van der Waals surface area contributed by atoms with Crippen LogP contribution < -0.4 is 5.56 Å². The number of rotatable bonds is 5. The Hall–Kier alpha value is -2.04. The predicted octanol–water partition coefficient (Wildman–Crippen LogP) is 5.65. The Morgan fingerprint density at radius 2 is 1.86 bits per heavy atom. The highest BCUT2D eigenvalue weighted by Gasteiger charge is 2.21. The van der Waals surface area contributed by atoms with Crippen LogP contribution in [0.25, 0.3) is 22.0 Å². The molecule has 5 heteroatoms. The third-order valence-electron chi connectivity index (χ3n) is 6.14. The van der Waals surface area contributed by atoms with Crippen LogP contribution in [-0.2, 0) is 6.54 Å². The van der Waals surface area contributed by atoms with E-state index in [1.807, 2.05) is 12.3 Å². The lowest BCUT2D eigenvalue weighted by atomic mass is 9.93. The molecule has 0 aliphatic heterocycles. The summed E-state index contributed by atoms with van der Waals surface area (Å²) in [5.41, 5.74) is 2.82. The first-order chi connectivity index (χ1) is 13.9. The van der Waals surface area contributed by atoms with Gasteiger partial charge in [0.2, 0.25) is 0 Å². The van der Waals surface area contributed by atoms with Crippen LogP contribution in [0.3, 0.4) is 0 Å². The molecule has 1 aliphatic rings. The van der Waals surface area contributed by atoms with Crippen molar-refractivity contribution in [3.05, 3.63) is 58.1 Å². The fraction of sp³-hybridized carbons (Fsp3) is 0.458. The van der Waals surface area contributed by atoms with Gasteiger partial charge in [0.15, 0.2) is 0 Å². The lowest BCUT2D eigenvalue weighted by molar-refractivity contribution is 0.111. The summed E-state index contributed by atoms with van der Waals surface area (Å²) >= 11 is 6.48. The van der Waals surface area contributed by atoms with E-state index in [-0.39, 0.29) is 16.7 Å². The Morgan fingerprint density at radius 3 is 2.59 bits per heavy atom. The van der Waals surface area contributed by atoms with E-state index in [0.717, 1.165) is 48.6 Å². The molecular formula is C24H29ClN2O2. The van der Waals surface area contributed by atoms with Crippen LogP contribution in [0.2, 0.25) is 5.02 Å². The number of nitrogens with zero attached hydrogens (tertiary/aromatic N) is 2. The molecule has 4 rings (SSSR count). The minimum Gasteiger partial charge on any atom is -0.393 e. The van der Waals surface area contributed by atoms with Gasteiger partial charge in [0.1, 0.15) is 5.02 Å². The maximum absolute atomic E-state index is 12.7. The average molecular weight is 413 g/mol. The number of aryl methyl sites for hydroxylation is 1. The van der Waals surface area contributed by atoms with Gasteiger partial charge in [-0.2, -0.15) is 0 Å². The number of aliphatic hydroxyl groups excluding tert-OH is 1. The molecule has 0 unspecified atom stereocenters. The Labute approximate surface area is 176 Å². The van der Waals surface area contributed by atoms with Crippen LogP contribution in [0.15, 0.2) is 47.5 Å². The standard InChI is InChI=1S/C24H29ClN2O2/c1-16(2)9-12-26-13-11-21(23(25)24(26)29)17-3-8-22-18(15-17)10-14-27(22)19-4-6-20(28)7-5-19/h3,8,10-11,13-16,19-20,28H,4-7,9,12H2,1-2H3. The van der Waals surface area contributed by atoms with Crippen molar-refractivity contribution in [1.82, 2.24) is 9.13 Å². The maximum Gasteiger partial charge on any atom is 0.269 e. The third kappa shape index (κ3) is 4.15. The van der Waals surface area contributed by atoms with Gasteiger partial charge in [-0.05, 0) is 67.9 Å². The number of aliphatic hydroxyl groups is 1. The second-order valence-corrected chi connectivity index (χ2v) is 9.06. The summed E-state index contributed by atoms with van der Waals surface area (Å²) in [6.45, 7) is 4.99. The van der Waals surface area contributed by atoms with Gasteiger partial charge in [0, 0.05) is 41.4 Å². The first kappa shape index (κ1) is 20.2. The summed E-state index contributed by atoms with van der Waals surface area (Å²) in [5, 5.41) is 11.2. The van der Waals surface area contributed by atoms with E-state index in [9.17, 15) is 9.90 Å². The lowest BCUT2D eigenvalue weighted by Crippen LogP contribution is -2.21. The highest BCUT2D eigenvalue weighted by Crippen LogP contribution is 2.34. The number of hydrogen-bond donors (Lipinski definition) is 1. The first-order valence-electron chi connectivity index (χ1n) is 10.6. The highest BCUT2D eigenvalue weighted by molar-refractivity contribution is 6.33. The molecule has 2 heterocycles. The molecule has 0 amide bonds. The topological polar surface area (TPSA) is 47.2 Å². The van der Waals surface area contributed by atoms with Crippen molar-refractivity contribution in [2.45, 2.75) is 64.6 Å². The molecule has 0 bridgehead atoms. The van der Waals surface area contributed by atoms with Crippen LogP contribution in [0.1, 0.15) is 52.0 Å². The molecule has 3 aromatic rings. The molecule has 0 radical (unpaired) electrons. The smallest absolute Gasteiger partial charge is 0.269 e. The Morgan fingerprint density at radius 1 is 1.10 bits per heavy atom. The van der Waals surface area contributed by atoms with Crippen LogP contribution >= 0.6 is 11.6 Å². The SMILES string of the molecule is CC(C)CCn1ccc(-c2ccc3c(ccn3C3CCC(O)CC3)c2)c(Cl)c1=O. The first-order valence-corrected chi connectivity index (χ1v) is 11.0. The molecule has 1 saturated carbocycles. The number of hydrogen-bond acceptors (Lipinski definition) is 2. The molecule has 29 heavy (non-hydrogen) atoms. The van der Waals surface area contributed by atoms with Crippen LogP contribution in [-0.4, -0.2) is 20.3 Å². The van der Waals surface area contributed by atoms with Crippen molar-refractivity contribution in [1.29, 1.82) is 0 Å². The molecule has 1 aliphatic carbocycles. The zero-order valence-electron chi connectivity index (χ0n) is 17.1. The molecule has 154 valence electrons. The molecule has 4 nitrogen and oxygen atoms in total. The normalized spacial score (nSPS) is 19.9. The van der Waals surface area contributed by atoms with Gasteiger partial charge >= 0.3 is 0 Å². The van der Waals surface area contributed by atoms with Crippen molar-refractivity contribution < 1.29 is 5.11 Å². The molecule has 0 saturated heterocycles. The Balaban J connectivity index is 1.63. The summed E-state index contributed by atoms with van der Waals surface area (Å²) in [6.07, 6.45) is 8.55.